The predicted molar refractivity (Wildman–Crippen MR) is 134 cm³/mol. The first-order valence-electron chi connectivity index (χ1n) is 10.8. The van der Waals surface area contributed by atoms with Crippen LogP contribution in [0.15, 0.2) is 30.3 Å². The number of nitrogens with one attached hydrogen (secondary N) is 4. The fourth-order valence-electron chi connectivity index (χ4n) is 3.62. The van der Waals surface area contributed by atoms with Gasteiger partial charge in [0.05, 0.1) is 16.8 Å². The van der Waals surface area contributed by atoms with Crippen LogP contribution in [0, 0.1) is 11.2 Å². The van der Waals surface area contributed by atoms with Gasteiger partial charge in [-0.1, -0.05) is 12.1 Å². The van der Waals surface area contributed by atoms with E-state index in [4.69, 9.17) is 5.41 Å². The lowest BCUT2D eigenvalue weighted by atomic mass is 10.0. The fourth-order valence-corrected chi connectivity index (χ4v) is 6.14. The molecule has 12 heteroatoms. The Balaban J connectivity index is 1.65. The van der Waals surface area contributed by atoms with E-state index < -0.39 is 26.8 Å². The predicted octanol–water partition coefficient (Wildman–Crippen LogP) is 2.62. The van der Waals surface area contributed by atoms with E-state index in [1.165, 1.54) is 18.3 Å². The summed E-state index contributed by atoms with van der Waals surface area (Å²) in [5, 5.41) is 13.9. The van der Waals surface area contributed by atoms with Crippen LogP contribution in [0.4, 0.5) is 10.1 Å². The molecule has 0 spiro atoms. The molecule has 1 unspecified atom stereocenters. The van der Waals surface area contributed by atoms with Crippen LogP contribution in [-0.4, -0.2) is 57.3 Å². The standard InChI is InChI=1S/C23H24FN5O4S2/c1-26-17-7-12(3-4-13(17)10-25)15-8-18-19(9-16(15)24)34-23(29-18)21(35(2,32)33)22(31)27-11-20(30)28-14-5-6-14/h3-4,7-10,14,21,25-26H,5-6,11H2,1-2H3,(H,27,31)(H,28,30). The van der Waals surface area contributed by atoms with Crippen LogP contribution in [0.2, 0.25) is 0 Å². The SMILES string of the molecule is CNc1cc(-c2cc3nc(C(C(=O)NCC(=O)NC4CC4)S(C)(=O)=O)sc3cc2F)ccc1C=N. The highest BCUT2D eigenvalue weighted by Gasteiger charge is 2.34. The molecule has 3 aromatic rings. The largest absolute Gasteiger partial charge is 0.388 e. The Hall–Kier alpha value is -3.38. The monoisotopic (exact) mass is 517 g/mol. The lowest BCUT2D eigenvalue weighted by Crippen LogP contribution is -2.41. The van der Waals surface area contributed by atoms with Gasteiger partial charge in [0, 0.05) is 42.4 Å². The maximum absolute atomic E-state index is 15.0. The molecular formula is C23H24FN5O4S2. The van der Waals surface area contributed by atoms with Crippen molar-refractivity contribution >= 4 is 55.1 Å². The van der Waals surface area contributed by atoms with Crippen molar-refractivity contribution in [2.45, 2.75) is 24.1 Å². The number of benzene rings is 2. The summed E-state index contributed by atoms with van der Waals surface area (Å²) >= 11 is 0.913. The Morgan fingerprint density at radius 2 is 2.03 bits per heavy atom. The number of sulfone groups is 1. The second kappa shape index (κ2) is 9.70. The highest BCUT2D eigenvalue weighted by Crippen LogP contribution is 2.35. The van der Waals surface area contributed by atoms with E-state index >= 15 is 4.39 Å². The summed E-state index contributed by atoms with van der Waals surface area (Å²) in [5.74, 6) is -1.78. The first kappa shape index (κ1) is 24.7. The molecule has 1 atom stereocenters. The summed E-state index contributed by atoms with van der Waals surface area (Å²) < 4.78 is 40.4. The van der Waals surface area contributed by atoms with Gasteiger partial charge < -0.3 is 21.4 Å². The molecule has 2 amide bonds. The molecule has 1 aliphatic rings. The van der Waals surface area contributed by atoms with Gasteiger partial charge in [-0.05, 0) is 36.6 Å². The number of thiazole rings is 1. The van der Waals surface area contributed by atoms with Crippen LogP contribution in [0.5, 0.6) is 0 Å². The second-order valence-electron chi connectivity index (χ2n) is 8.32. The Bertz CT molecular complexity index is 1430. The van der Waals surface area contributed by atoms with Crippen LogP contribution >= 0.6 is 11.3 Å². The zero-order chi connectivity index (χ0) is 25.3. The highest BCUT2D eigenvalue weighted by molar-refractivity contribution is 7.91. The molecule has 1 fully saturated rings. The van der Waals surface area contributed by atoms with Crippen molar-refractivity contribution in [3.63, 3.8) is 0 Å². The first-order chi connectivity index (χ1) is 16.6. The number of fused-ring (bicyclic) bond motifs is 1. The van der Waals surface area contributed by atoms with Crippen molar-refractivity contribution in [1.82, 2.24) is 15.6 Å². The zero-order valence-corrected chi connectivity index (χ0v) is 20.6. The number of halogens is 1. The van der Waals surface area contributed by atoms with Crippen molar-refractivity contribution in [3.05, 3.63) is 46.7 Å². The zero-order valence-electron chi connectivity index (χ0n) is 19.0. The van der Waals surface area contributed by atoms with E-state index in [1.807, 2.05) is 0 Å². The molecule has 9 nitrogen and oxygen atoms in total. The fraction of sp³-hybridized carbons (Fsp3) is 0.304. The van der Waals surface area contributed by atoms with Crippen molar-refractivity contribution in [2.24, 2.45) is 0 Å². The molecule has 4 N–H and O–H groups in total. The number of carbonyl (C=O) groups excluding carboxylic acids is 2. The molecule has 2 aromatic carbocycles. The molecule has 0 radical (unpaired) electrons. The minimum absolute atomic E-state index is 0.00535. The molecule has 0 aliphatic heterocycles. The summed E-state index contributed by atoms with van der Waals surface area (Å²) in [4.78, 5) is 29.0. The number of rotatable bonds is 9. The van der Waals surface area contributed by atoms with Gasteiger partial charge in [0.15, 0.2) is 15.1 Å². The number of hydrogen-bond acceptors (Lipinski definition) is 8. The number of aromatic nitrogens is 1. The van der Waals surface area contributed by atoms with E-state index in [0.29, 0.717) is 27.0 Å². The minimum atomic E-state index is -3.93. The van der Waals surface area contributed by atoms with Crippen molar-refractivity contribution in [2.75, 3.05) is 25.2 Å². The number of nitrogens with zero attached hydrogens (tertiary/aromatic N) is 1. The Kier molecular flexibility index (Phi) is 6.86. The van der Waals surface area contributed by atoms with Crippen molar-refractivity contribution in [1.29, 1.82) is 5.41 Å². The van der Waals surface area contributed by atoms with Gasteiger partial charge in [0.1, 0.15) is 10.8 Å². The van der Waals surface area contributed by atoms with Crippen molar-refractivity contribution < 1.29 is 22.4 Å². The van der Waals surface area contributed by atoms with Crippen LogP contribution in [-0.2, 0) is 19.4 Å². The van der Waals surface area contributed by atoms with Crippen LogP contribution < -0.4 is 16.0 Å². The lowest BCUT2D eigenvalue weighted by Gasteiger charge is -2.12. The van der Waals surface area contributed by atoms with E-state index in [1.54, 1.807) is 25.2 Å². The third-order valence-corrected chi connectivity index (χ3v) is 8.07. The van der Waals surface area contributed by atoms with E-state index in [2.05, 4.69) is 20.9 Å². The quantitative estimate of drug-likeness (QED) is 0.322. The molecule has 184 valence electrons. The molecule has 0 bridgehead atoms. The third-order valence-electron chi connectivity index (χ3n) is 5.54. The number of carbonyl (C=O) groups is 2. The summed E-state index contributed by atoms with van der Waals surface area (Å²) in [6.07, 6.45) is 3.88. The summed E-state index contributed by atoms with van der Waals surface area (Å²) in [5.41, 5.74) is 2.43. The van der Waals surface area contributed by atoms with Gasteiger partial charge in [-0.25, -0.2) is 17.8 Å². The second-order valence-corrected chi connectivity index (χ2v) is 11.5. The molecular weight excluding hydrogens is 493 g/mol. The number of amides is 2. The van der Waals surface area contributed by atoms with Crippen LogP contribution in [0.25, 0.3) is 21.3 Å². The van der Waals surface area contributed by atoms with Crippen LogP contribution in [0.3, 0.4) is 0 Å². The smallest absolute Gasteiger partial charge is 0.245 e. The molecule has 1 heterocycles. The van der Waals surface area contributed by atoms with Crippen LogP contribution in [0.1, 0.15) is 28.7 Å². The maximum atomic E-state index is 15.0. The highest BCUT2D eigenvalue weighted by atomic mass is 32.2. The van der Waals surface area contributed by atoms with Gasteiger partial charge in [0.25, 0.3) is 0 Å². The molecule has 0 saturated heterocycles. The van der Waals surface area contributed by atoms with Gasteiger partial charge in [-0.15, -0.1) is 11.3 Å². The lowest BCUT2D eigenvalue weighted by molar-refractivity contribution is -0.126. The van der Waals surface area contributed by atoms with Crippen molar-refractivity contribution in [3.8, 4) is 11.1 Å². The van der Waals surface area contributed by atoms with E-state index in [9.17, 15) is 18.0 Å². The summed E-state index contributed by atoms with van der Waals surface area (Å²) in [6.45, 7) is -0.343. The molecule has 1 aromatic heterocycles. The Morgan fingerprint density at radius 1 is 1.29 bits per heavy atom. The first-order valence-corrected chi connectivity index (χ1v) is 13.6. The molecule has 4 rings (SSSR count). The van der Waals surface area contributed by atoms with Gasteiger partial charge in [0.2, 0.25) is 11.8 Å². The van der Waals surface area contributed by atoms with E-state index in [0.717, 1.165) is 30.4 Å². The normalized spacial score (nSPS) is 14.4. The molecule has 35 heavy (non-hydrogen) atoms. The maximum Gasteiger partial charge on any atom is 0.245 e. The number of anilines is 1. The topological polar surface area (TPSA) is 141 Å². The summed E-state index contributed by atoms with van der Waals surface area (Å²) in [6, 6.07) is 7.95. The average Bonchev–Trinajstić information content (AvgIpc) is 3.53. The van der Waals surface area contributed by atoms with Gasteiger partial charge >= 0.3 is 0 Å². The summed E-state index contributed by atoms with van der Waals surface area (Å²) in [7, 11) is -2.23. The average molecular weight is 518 g/mol. The Morgan fingerprint density at radius 3 is 2.66 bits per heavy atom. The third kappa shape index (κ3) is 5.49. The van der Waals surface area contributed by atoms with Gasteiger partial charge in [-0.2, -0.15) is 0 Å². The molecule has 1 saturated carbocycles. The minimum Gasteiger partial charge on any atom is -0.388 e. The van der Waals surface area contributed by atoms with E-state index in [-0.39, 0.29) is 29.1 Å². The van der Waals surface area contributed by atoms with Gasteiger partial charge in [-0.3, -0.25) is 9.59 Å². The molecule has 1 aliphatic carbocycles. The Labute approximate surface area is 205 Å². The number of hydrogen-bond donors (Lipinski definition) is 4.